The lowest BCUT2D eigenvalue weighted by Crippen LogP contribution is -2.16. The molecule has 0 aromatic heterocycles. The van der Waals surface area contributed by atoms with Crippen LogP contribution in [-0.4, -0.2) is 17.1 Å². The van der Waals surface area contributed by atoms with Gasteiger partial charge in [-0.1, -0.05) is 0 Å². The van der Waals surface area contributed by atoms with Crippen molar-refractivity contribution in [3.8, 4) is 0 Å². The van der Waals surface area contributed by atoms with Gasteiger partial charge in [0, 0.05) is 0 Å². The van der Waals surface area contributed by atoms with Crippen molar-refractivity contribution in [2.24, 2.45) is 0 Å². The largest absolute Gasteiger partial charge is 0.475 e. The number of halogens is 1. The van der Waals surface area contributed by atoms with Crippen molar-refractivity contribution in [1.82, 2.24) is 0 Å². The zero-order valence-corrected chi connectivity index (χ0v) is 3.05. The van der Waals surface area contributed by atoms with Crippen molar-refractivity contribution in [2.75, 3.05) is 0 Å². The fourth-order valence-electron chi connectivity index (χ4n) is 0.108. The molecule has 1 aliphatic rings. The number of alkyl halides is 1. The Balaban J connectivity index is 2.55. The summed E-state index contributed by atoms with van der Waals surface area (Å²) in [5, 5.41) is 7.69. The van der Waals surface area contributed by atoms with Gasteiger partial charge in [-0.3, -0.25) is 0 Å². The fraction of sp³-hybridized carbons (Fsp3) is 0.500. The monoisotopic (exact) mass is 108 g/mol. The van der Waals surface area contributed by atoms with Crippen LogP contribution >= 0.6 is 0 Å². The minimum Gasteiger partial charge on any atom is -0.475 e. The molecular weight excluding hydrogens is 107 g/mol. The normalized spacial score (nSPS) is 24.1. The van der Waals surface area contributed by atoms with E-state index in [0.29, 0.717) is 0 Å². The quantitative estimate of drug-likeness (QED) is 0.368. The SMILES string of the molecule is O=C(O)C1(F)OO1. The third-order valence-electron chi connectivity index (χ3n) is 0.485. The Bertz CT molecular complexity index is 106. The molecule has 0 radical (unpaired) electrons. The second-order valence-corrected chi connectivity index (χ2v) is 1.01. The first kappa shape index (κ1) is 4.48. The molecule has 1 heterocycles. The number of carboxylic acid groups (broad SMARTS) is 1. The maximum Gasteiger partial charge on any atom is 0.474 e. The number of hydrogen-bond donors (Lipinski definition) is 1. The van der Waals surface area contributed by atoms with Gasteiger partial charge < -0.3 is 5.11 Å². The minimum absolute atomic E-state index is 1.76. The van der Waals surface area contributed by atoms with Gasteiger partial charge in [0.15, 0.2) is 0 Å². The van der Waals surface area contributed by atoms with E-state index in [-0.39, 0.29) is 0 Å². The molecule has 0 atom stereocenters. The van der Waals surface area contributed by atoms with Crippen LogP contribution in [0.5, 0.6) is 0 Å². The molecule has 0 unspecified atom stereocenters. The van der Waals surface area contributed by atoms with Gasteiger partial charge in [0.2, 0.25) is 0 Å². The summed E-state index contributed by atoms with van der Waals surface area (Å²) in [5.41, 5.74) is 0. The van der Waals surface area contributed by atoms with Crippen molar-refractivity contribution in [3.05, 3.63) is 0 Å². The molecule has 4 nitrogen and oxygen atoms in total. The maximum absolute atomic E-state index is 11.6. The van der Waals surface area contributed by atoms with Crippen molar-refractivity contribution < 1.29 is 24.1 Å². The molecule has 1 aliphatic heterocycles. The van der Waals surface area contributed by atoms with Crippen LogP contribution in [0.4, 0.5) is 4.39 Å². The average Bonchev–Trinajstić information content (AvgIpc) is 2.21. The second-order valence-electron chi connectivity index (χ2n) is 1.01. The summed E-state index contributed by atoms with van der Waals surface area (Å²) in [6.07, 6.45) is 0. The van der Waals surface area contributed by atoms with Crippen LogP contribution in [-0.2, 0) is 14.6 Å². The van der Waals surface area contributed by atoms with Crippen molar-refractivity contribution in [3.63, 3.8) is 0 Å². The molecule has 0 bridgehead atoms. The molecule has 0 saturated carbocycles. The number of carbonyl (C=O) groups is 1. The average molecular weight is 108 g/mol. The lowest BCUT2D eigenvalue weighted by molar-refractivity contribution is -0.151. The zero-order valence-electron chi connectivity index (χ0n) is 3.05. The standard InChI is InChI=1S/C2HFO4/c3-2(1(4)5)6-7-2/h(H,4,5). The van der Waals surface area contributed by atoms with Crippen LogP contribution in [0.2, 0.25) is 0 Å². The predicted octanol–water partition coefficient (Wildman–Crippen LogP) is -0.344. The summed E-state index contributed by atoms with van der Waals surface area (Å²) in [6, 6.07) is -2.83. The smallest absolute Gasteiger partial charge is 0.474 e. The Kier molecular flexibility index (Phi) is 0.596. The van der Waals surface area contributed by atoms with E-state index < -0.39 is 12.0 Å². The first-order chi connectivity index (χ1) is 3.15. The minimum atomic E-state index is -2.83. The van der Waals surface area contributed by atoms with Gasteiger partial charge in [0.1, 0.15) is 0 Å². The molecule has 7 heavy (non-hydrogen) atoms. The maximum atomic E-state index is 11.6. The van der Waals surface area contributed by atoms with Crippen molar-refractivity contribution >= 4 is 5.97 Å². The third-order valence-corrected chi connectivity index (χ3v) is 0.485. The van der Waals surface area contributed by atoms with Gasteiger partial charge in [0.25, 0.3) is 0 Å². The van der Waals surface area contributed by atoms with E-state index in [4.69, 9.17) is 5.11 Å². The van der Waals surface area contributed by atoms with E-state index in [1.54, 1.807) is 0 Å². The van der Waals surface area contributed by atoms with Crippen molar-refractivity contribution in [1.29, 1.82) is 0 Å². The summed E-state index contributed by atoms with van der Waals surface area (Å²) >= 11 is 0. The number of hydrogen-bond acceptors (Lipinski definition) is 3. The molecule has 1 fully saturated rings. The van der Waals surface area contributed by atoms with Gasteiger partial charge in [-0.15, -0.1) is 9.78 Å². The highest BCUT2D eigenvalue weighted by molar-refractivity contribution is 5.74. The summed E-state index contributed by atoms with van der Waals surface area (Å²) < 4.78 is 11.6. The van der Waals surface area contributed by atoms with Crippen LogP contribution in [0.1, 0.15) is 0 Å². The second kappa shape index (κ2) is 0.932. The van der Waals surface area contributed by atoms with Crippen LogP contribution in [0, 0.1) is 0 Å². The molecular formula is C2HFO4. The summed E-state index contributed by atoms with van der Waals surface area (Å²) in [5.74, 6) is -1.76. The predicted molar refractivity (Wildman–Crippen MR) is 13.6 cm³/mol. The van der Waals surface area contributed by atoms with Crippen molar-refractivity contribution in [2.45, 2.75) is 6.04 Å². The highest BCUT2D eigenvalue weighted by Gasteiger charge is 2.59. The molecule has 1 rings (SSSR count). The summed E-state index contributed by atoms with van der Waals surface area (Å²) in [4.78, 5) is 16.2. The van der Waals surface area contributed by atoms with Crippen LogP contribution in [0.15, 0.2) is 0 Å². The Labute approximate surface area is 37.4 Å². The lowest BCUT2D eigenvalue weighted by Gasteiger charge is -1.79. The van der Waals surface area contributed by atoms with Gasteiger partial charge >= 0.3 is 12.0 Å². The van der Waals surface area contributed by atoms with Crippen LogP contribution in [0.25, 0.3) is 0 Å². The van der Waals surface area contributed by atoms with E-state index in [1.165, 1.54) is 0 Å². The molecule has 5 heteroatoms. The fourth-order valence-corrected chi connectivity index (χ4v) is 0.108. The van der Waals surface area contributed by atoms with Crippen LogP contribution in [0.3, 0.4) is 0 Å². The third kappa shape index (κ3) is 0.551. The van der Waals surface area contributed by atoms with Gasteiger partial charge in [-0.2, -0.15) is 4.39 Å². The highest BCUT2D eigenvalue weighted by Crippen LogP contribution is 2.30. The summed E-state index contributed by atoms with van der Waals surface area (Å²) in [7, 11) is 0. The Hall–Kier alpha value is -0.680. The van der Waals surface area contributed by atoms with E-state index in [9.17, 15) is 9.18 Å². The molecule has 0 aliphatic carbocycles. The molecule has 1 saturated heterocycles. The first-order valence-corrected chi connectivity index (χ1v) is 1.44. The highest BCUT2D eigenvalue weighted by atomic mass is 19.2. The van der Waals surface area contributed by atoms with E-state index in [1.807, 2.05) is 0 Å². The molecule has 1 N–H and O–H groups in total. The number of rotatable bonds is 1. The Morgan fingerprint density at radius 3 is 2.14 bits per heavy atom. The van der Waals surface area contributed by atoms with Gasteiger partial charge in [0.05, 0.1) is 0 Å². The molecule has 0 aromatic carbocycles. The number of aliphatic carboxylic acids is 1. The zero-order chi connectivity index (χ0) is 5.49. The van der Waals surface area contributed by atoms with E-state index in [2.05, 4.69) is 9.78 Å². The topological polar surface area (TPSA) is 62.4 Å². The van der Waals surface area contributed by atoms with Crippen LogP contribution < -0.4 is 0 Å². The molecule has 0 amide bonds. The Morgan fingerprint density at radius 2 is 2.14 bits per heavy atom. The first-order valence-electron chi connectivity index (χ1n) is 1.44. The van der Waals surface area contributed by atoms with E-state index >= 15 is 0 Å². The molecule has 0 aromatic rings. The number of carboxylic acids is 1. The molecule has 0 spiro atoms. The van der Waals surface area contributed by atoms with Gasteiger partial charge in [-0.05, 0) is 0 Å². The Morgan fingerprint density at radius 1 is 1.71 bits per heavy atom. The lowest BCUT2D eigenvalue weighted by atomic mass is 10.7. The van der Waals surface area contributed by atoms with Gasteiger partial charge in [-0.25, -0.2) is 4.79 Å². The summed E-state index contributed by atoms with van der Waals surface area (Å²) in [6.45, 7) is 0. The van der Waals surface area contributed by atoms with E-state index in [0.717, 1.165) is 0 Å². The molecule has 40 valence electrons.